The zero-order chi connectivity index (χ0) is 16.9. The number of carbonyl (C=O) groups is 1. The Morgan fingerprint density at radius 3 is 2.88 bits per heavy atom. The Morgan fingerprint density at radius 1 is 1.33 bits per heavy atom. The molecule has 0 amide bonds. The molecule has 1 aromatic carbocycles. The van der Waals surface area contributed by atoms with Crippen molar-refractivity contribution in [3.63, 3.8) is 0 Å². The molecule has 126 valence electrons. The number of nitrogens with zero attached hydrogens (tertiary/aromatic N) is 2. The number of aryl methyl sites for hydroxylation is 1. The van der Waals surface area contributed by atoms with Crippen LogP contribution < -0.4 is 9.64 Å². The van der Waals surface area contributed by atoms with Crippen LogP contribution in [0.1, 0.15) is 22.3 Å². The number of carboxylic acid groups (broad SMARTS) is 1. The molecule has 0 radical (unpaired) electrons. The number of benzene rings is 1. The molecule has 0 aliphatic carbocycles. The molecule has 24 heavy (non-hydrogen) atoms. The first-order valence-corrected chi connectivity index (χ1v) is 7.92. The van der Waals surface area contributed by atoms with Crippen molar-refractivity contribution in [2.45, 2.75) is 18.9 Å². The summed E-state index contributed by atoms with van der Waals surface area (Å²) in [5, 5.41) is 9.30. The van der Waals surface area contributed by atoms with Crippen LogP contribution in [0.5, 0.6) is 5.88 Å². The van der Waals surface area contributed by atoms with E-state index in [1.165, 1.54) is 0 Å². The minimum atomic E-state index is -0.930. The Balaban J connectivity index is 1.64. The van der Waals surface area contributed by atoms with Crippen LogP contribution in [0.4, 0.5) is 10.1 Å². The van der Waals surface area contributed by atoms with Crippen LogP contribution in [0.2, 0.25) is 0 Å². The summed E-state index contributed by atoms with van der Waals surface area (Å²) in [4.78, 5) is 17.6. The number of hydrogen-bond acceptors (Lipinski definition) is 4. The number of aromatic carboxylic acids is 1. The molecule has 0 spiro atoms. The molecule has 1 atom stereocenters. The van der Waals surface area contributed by atoms with Gasteiger partial charge in [-0.2, -0.15) is 0 Å². The highest BCUT2D eigenvalue weighted by Gasteiger charge is 2.27. The normalized spacial score (nSPS) is 17.0. The van der Waals surface area contributed by atoms with Crippen LogP contribution in [-0.2, 0) is 6.42 Å². The maximum atomic E-state index is 12.3. The molecule has 0 saturated carbocycles. The van der Waals surface area contributed by atoms with Crippen molar-refractivity contribution in [2.24, 2.45) is 0 Å². The molecule has 1 aliphatic heterocycles. The summed E-state index contributed by atoms with van der Waals surface area (Å²) in [5.74, 6) is -0.420. The van der Waals surface area contributed by atoms with Crippen LogP contribution >= 0.6 is 0 Å². The van der Waals surface area contributed by atoms with Gasteiger partial charge in [0.05, 0.1) is 24.5 Å². The van der Waals surface area contributed by atoms with Gasteiger partial charge in [0, 0.05) is 31.6 Å². The van der Waals surface area contributed by atoms with E-state index in [4.69, 9.17) is 4.74 Å². The van der Waals surface area contributed by atoms with Crippen LogP contribution in [0.25, 0.3) is 0 Å². The molecule has 1 unspecified atom stereocenters. The van der Waals surface area contributed by atoms with E-state index in [0.717, 1.165) is 18.5 Å². The van der Waals surface area contributed by atoms with Crippen molar-refractivity contribution >= 4 is 11.7 Å². The highest BCUT2D eigenvalue weighted by molar-refractivity contribution is 5.94. The number of halogens is 1. The van der Waals surface area contributed by atoms with Crippen molar-refractivity contribution in [2.75, 3.05) is 24.7 Å². The van der Waals surface area contributed by atoms with Crippen LogP contribution in [0, 0.1) is 0 Å². The van der Waals surface area contributed by atoms with Crippen LogP contribution in [0.3, 0.4) is 0 Å². The van der Waals surface area contributed by atoms with Gasteiger partial charge in [0.25, 0.3) is 0 Å². The van der Waals surface area contributed by atoms with Gasteiger partial charge in [0.15, 0.2) is 0 Å². The summed E-state index contributed by atoms with van der Waals surface area (Å²) in [7, 11) is 0. The molecule has 1 fully saturated rings. The number of hydrogen-bond donors (Lipinski definition) is 1. The molecule has 5 nitrogen and oxygen atoms in total. The van der Waals surface area contributed by atoms with Gasteiger partial charge >= 0.3 is 5.97 Å². The number of pyridine rings is 1. The van der Waals surface area contributed by atoms with E-state index in [1.807, 2.05) is 23.1 Å². The topological polar surface area (TPSA) is 62.7 Å². The Kier molecular flexibility index (Phi) is 4.93. The summed E-state index contributed by atoms with van der Waals surface area (Å²) in [6, 6.07) is 10.5. The summed E-state index contributed by atoms with van der Waals surface area (Å²) < 4.78 is 18.2. The third-order valence-electron chi connectivity index (χ3n) is 4.09. The Morgan fingerprint density at radius 2 is 2.17 bits per heavy atom. The van der Waals surface area contributed by atoms with Gasteiger partial charge in [-0.3, -0.25) is 4.39 Å². The maximum absolute atomic E-state index is 12.3. The molecule has 1 saturated heterocycles. The van der Waals surface area contributed by atoms with Gasteiger partial charge in [0.1, 0.15) is 6.10 Å². The number of aromatic nitrogens is 1. The largest absolute Gasteiger partial charge is 0.478 e. The summed E-state index contributed by atoms with van der Waals surface area (Å²) in [5.41, 5.74) is 1.85. The van der Waals surface area contributed by atoms with Gasteiger partial charge in [-0.05, 0) is 17.7 Å². The Hall–Kier alpha value is -2.63. The number of carboxylic acids is 1. The lowest BCUT2D eigenvalue weighted by Gasteiger charge is -2.20. The average molecular weight is 330 g/mol. The summed E-state index contributed by atoms with van der Waals surface area (Å²) in [6.07, 6.45) is 2.73. The zero-order valence-corrected chi connectivity index (χ0v) is 13.2. The van der Waals surface area contributed by atoms with Crippen molar-refractivity contribution in [1.29, 1.82) is 0 Å². The quantitative estimate of drug-likeness (QED) is 0.882. The van der Waals surface area contributed by atoms with Crippen molar-refractivity contribution in [3.05, 3.63) is 53.7 Å². The first-order valence-electron chi connectivity index (χ1n) is 7.92. The number of para-hydroxylation sites is 1. The third-order valence-corrected chi connectivity index (χ3v) is 4.09. The maximum Gasteiger partial charge on any atom is 0.337 e. The van der Waals surface area contributed by atoms with Gasteiger partial charge < -0.3 is 14.7 Å². The monoisotopic (exact) mass is 330 g/mol. The lowest BCUT2D eigenvalue weighted by molar-refractivity contribution is 0.0697. The predicted molar refractivity (Wildman–Crippen MR) is 88.6 cm³/mol. The minimum Gasteiger partial charge on any atom is -0.478 e. The van der Waals surface area contributed by atoms with Gasteiger partial charge in [-0.25, -0.2) is 9.78 Å². The van der Waals surface area contributed by atoms with Crippen molar-refractivity contribution < 1.29 is 19.0 Å². The molecule has 3 rings (SSSR count). The fraction of sp³-hybridized carbons (Fsp3) is 0.333. The van der Waals surface area contributed by atoms with E-state index < -0.39 is 12.6 Å². The van der Waals surface area contributed by atoms with Gasteiger partial charge in [0.2, 0.25) is 5.88 Å². The van der Waals surface area contributed by atoms with E-state index in [0.29, 0.717) is 30.1 Å². The molecule has 2 heterocycles. The second kappa shape index (κ2) is 7.29. The van der Waals surface area contributed by atoms with Crippen LogP contribution in [0.15, 0.2) is 42.6 Å². The first-order chi connectivity index (χ1) is 11.7. The first kappa shape index (κ1) is 16.2. The van der Waals surface area contributed by atoms with Crippen molar-refractivity contribution in [1.82, 2.24) is 4.98 Å². The fourth-order valence-electron chi connectivity index (χ4n) is 2.88. The van der Waals surface area contributed by atoms with E-state index in [-0.39, 0.29) is 6.10 Å². The predicted octanol–water partition coefficient (Wildman–Crippen LogP) is 2.95. The highest BCUT2D eigenvalue weighted by Crippen LogP contribution is 2.26. The van der Waals surface area contributed by atoms with Crippen molar-refractivity contribution in [3.8, 4) is 5.88 Å². The SMILES string of the molecule is O=C(O)c1ccccc1N1CCC(Oc2ccc(CCF)cn2)C1. The number of ether oxygens (including phenoxy) is 1. The second-order valence-electron chi connectivity index (χ2n) is 5.74. The summed E-state index contributed by atoms with van der Waals surface area (Å²) >= 11 is 0. The highest BCUT2D eigenvalue weighted by atomic mass is 19.1. The molecule has 0 bridgehead atoms. The molecular weight excluding hydrogens is 311 g/mol. The smallest absolute Gasteiger partial charge is 0.337 e. The molecule has 1 aromatic heterocycles. The molecule has 1 N–H and O–H groups in total. The number of anilines is 1. The van der Waals surface area contributed by atoms with E-state index in [9.17, 15) is 14.3 Å². The molecule has 6 heteroatoms. The molecule has 1 aliphatic rings. The lowest BCUT2D eigenvalue weighted by Crippen LogP contribution is -2.26. The standard InChI is InChI=1S/C18H19FN2O3/c19-9-7-13-5-6-17(20-11-13)24-14-8-10-21(12-14)16-4-2-1-3-15(16)18(22)23/h1-6,11,14H,7-10,12H2,(H,22,23). The molecular formula is C18H19FN2O3. The number of rotatable bonds is 6. The van der Waals surface area contributed by atoms with E-state index in [2.05, 4.69) is 4.98 Å². The Labute approximate surface area is 139 Å². The fourth-order valence-corrected chi connectivity index (χ4v) is 2.88. The second-order valence-corrected chi connectivity index (χ2v) is 5.74. The minimum absolute atomic E-state index is 0.0497. The van der Waals surface area contributed by atoms with E-state index in [1.54, 1.807) is 24.4 Å². The van der Waals surface area contributed by atoms with Crippen LogP contribution in [-0.4, -0.2) is 41.9 Å². The lowest BCUT2D eigenvalue weighted by atomic mass is 10.1. The third kappa shape index (κ3) is 3.64. The van der Waals surface area contributed by atoms with Gasteiger partial charge in [-0.1, -0.05) is 18.2 Å². The Bertz CT molecular complexity index is 706. The molecule has 2 aromatic rings. The zero-order valence-electron chi connectivity index (χ0n) is 13.2. The number of alkyl halides is 1. The van der Waals surface area contributed by atoms with Gasteiger partial charge in [-0.15, -0.1) is 0 Å². The summed E-state index contributed by atoms with van der Waals surface area (Å²) in [6.45, 7) is 0.940. The van der Waals surface area contributed by atoms with E-state index >= 15 is 0 Å². The average Bonchev–Trinajstić information content (AvgIpc) is 3.05.